The SMILES string of the molecule is O=C([O-])C(=O)[O-].O=C([O-])C(=O)[O-].O=C([O-])C(=O)[O-].[Fe+3].[Na+]. The molecule has 20 heavy (non-hydrogen) atoms. The third kappa shape index (κ3) is 36.0. The molecule has 0 unspecified atom stereocenters. The fourth-order valence-electron chi connectivity index (χ4n) is 0. The van der Waals surface area contributed by atoms with Crippen molar-refractivity contribution in [1.29, 1.82) is 0 Å². The van der Waals surface area contributed by atoms with Gasteiger partial charge in [0.05, 0.1) is 35.8 Å². The maximum absolute atomic E-state index is 8.93. The Morgan fingerprint density at radius 2 is 0.450 bits per heavy atom. The van der Waals surface area contributed by atoms with E-state index < -0.39 is 35.8 Å². The first-order valence-corrected chi connectivity index (χ1v) is 3.20. The molecule has 0 atom stereocenters. The fraction of sp³-hybridized carbons (Fsp3) is 0. The van der Waals surface area contributed by atoms with Crippen molar-refractivity contribution in [3.63, 3.8) is 0 Å². The number of rotatable bonds is 0. The van der Waals surface area contributed by atoms with E-state index >= 15 is 0 Å². The number of hydrogen-bond donors (Lipinski definition) is 0. The van der Waals surface area contributed by atoms with E-state index in [1.165, 1.54) is 0 Å². The first kappa shape index (κ1) is 31.0. The smallest absolute Gasteiger partial charge is 0.543 e. The predicted octanol–water partition coefficient (Wildman–Crippen LogP) is -13.5. The summed E-state index contributed by atoms with van der Waals surface area (Å²) in [6.07, 6.45) is 0. The van der Waals surface area contributed by atoms with Gasteiger partial charge in [-0.2, -0.15) is 0 Å². The summed E-state index contributed by atoms with van der Waals surface area (Å²) < 4.78 is 0. The zero-order valence-electron chi connectivity index (χ0n) is 9.25. The van der Waals surface area contributed by atoms with Gasteiger partial charge in [-0.3, -0.25) is 0 Å². The molecule has 0 saturated heterocycles. The van der Waals surface area contributed by atoms with Crippen LogP contribution in [-0.4, -0.2) is 35.8 Å². The molecule has 0 fully saturated rings. The minimum Gasteiger partial charge on any atom is -0.543 e. The molecular weight excluding hydrogens is 343 g/mol. The summed E-state index contributed by atoms with van der Waals surface area (Å²) in [4.78, 5) is 53.6. The van der Waals surface area contributed by atoms with Gasteiger partial charge in [0.25, 0.3) is 0 Å². The van der Waals surface area contributed by atoms with Crippen LogP contribution in [0.4, 0.5) is 0 Å². The summed E-state index contributed by atoms with van der Waals surface area (Å²) in [6.45, 7) is 0. The first-order valence-electron chi connectivity index (χ1n) is 3.20. The summed E-state index contributed by atoms with van der Waals surface area (Å²) in [7, 11) is 0. The topological polar surface area (TPSA) is 241 Å². The Hall–Kier alpha value is -1.66. The average molecular weight is 343 g/mol. The summed E-state index contributed by atoms with van der Waals surface area (Å²) in [5, 5.41) is 53.6. The third-order valence-electron chi connectivity index (χ3n) is 0.500. The molecule has 0 aliphatic carbocycles. The van der Waals surface area contributed by atoms with Crippen molar-refractivity contribution in [2.24, 2.45) is 0 Å². The van der Waals surface area contributed by atoms with Gasteiger partial charge in [-0.25, -0.2) is 0 Å². The van der Waals surface area contributed by atoms with Crippen molar-refractivity contribution in [2.45, 2.75) is 0 Å². The molecule has 107 valence electrons. The van der Waals surface area contributed by atoms with Gasteiger partial charge in [-0.1, -0.05) is 0 Å². The molecular formula is C6FeNaO12-2. The minimum absolute atomic E-state index is 0. The van der Waals surface area contributed by atoms with Gasteiger partial charge >= 0.3 is 46.6 Å². The van der Waals surface area contributed by atoms with E-state index in [1.54, 1.807) is 0 Å². The van der Waals surface area contributed by atoms with Crippen LogP contribution in [0.3, 0.4) is 0 Å². The van der Waals surface area contributed by atoms with Crippen LogP contribution in [0.1, 0.15) is 0 Å². The van der Waals surface area contributed by atoms with Crippen molar-refractivity contribution in [3.8, 4) is 0 Å². The van der Waals surface area contributed by atoms with Gasteiger partial charge in [0.1, 0.15) is 0 Å². The fourth-order valence-corrected chi connectivity index (χ4v) is 0. The Morgan fingerprint density at radius 3 is 0.450 bits per heavy atom. The molecule has 0 aliphatic heterocycles. The van der Waals surface area contributed by atoms with Crippen molar-refractivity contribution in [1.82, 2.24) is 0 Å². The number of carboxylic acid groups (broad SMARTS) is 6. The number of carbonyl (C=O) groups is 6. The van der Waals surface area contributed by atoms with E-state index in [-0.39, 0.29) is 46.6 Å². The molecule has 14 heteroatoms. The number of carboxylic acids is 6. The second kappa shape index (κ2) is 17.3. The Balaban J connectivity index is -0.0000000536. The Kier molecular flexibility index (Phi) is 26.9. The second-order valence-electron chi connectivity index (χ2n) is 1.72. The van der Waals surface area contributed by atoms with Crippen LogP contribution < -0.4 is 60.2 Å². The zero-order valence-corrected chi connectivity index (χ0v) is 12.4. The summed E-state index contributed by atoms with van der Waals surface area (Å²) in [5.41, 5.74) is 0. The van der Waals surface area contributed by atoms with Crippen LogP contribution in [0.15, 0.2) is 0 Å². The van der Waals surface area contributed by atoms with Crippen LogP contribution >= 0.6 is 0 Å². The largest absolute Gasteiger partial charge is 3.00 e. The van der Waals surface area contributed by atoms with Gasteiger partial charge in [0.15, 0.2) is 0 Å². The van der Waals surface area contributed by atoms with E-state index in [0.29, 0.717) is 0 Å². The quantitative estimate of drug-likeness (QED) is 0.294. The molecule has 0 spiro atoms. The van der Waals surface area contributed by atoms with Gasteiger partial charge < -0.3 is 59.4 Å². The van der Waals surface area contributed by atoms with Crippen molar-refractivity contribution in [2.75, 3.05) is 0 Å². The maximum atomic E-state index is 8.93. The van der Waals surface area contributed by atoms with Gasteiger partial charge in [-0.05, 0) is 0 Å². The van der Waals surface area contributed by atoms with E-state index in [9.17, 15) is 0 Å². The van der Waals surface area contributed by atoms with Gasteiger partial charge in [-0.15, -0.1) is 0 Å². The zero-order chi connectivity index (χ0) is 15.5. The van der Waals surface area contributed by atoms with Crippen molar-refractivity contribution in [3.05, 3.63) is 0 Å². The van der Waals surface area contributed by atoms with E-state index in [2.05, 4.69) is 0 Å². The standard InChI is InChI=1S/3C2H2O4.Fe.Na/c3*3-1(4)2(5)6;;/h3*(H,3,4)(H,5,6);;/q;;;+3;+1/p-6. The molecule has 1 radical (unpaired) electrons. The molecule has 0 saturated carbocycles. The Bertz CT molecular complexity index is 283. The second-order valence-corrected chi connectivity index (χ2v) is 1.72. The minimum atomic E-state index is -2.19. The summed E-state index contributed by atoms with van der Waals surface area (Å²) in [6, 6.07) is 0. The van der Waals surface area contributed by atoms with E-state index in [1.807, 2.05) is 0 Å². The molecule has 0 N–H and O–H groups in total. The van der Waals surface area contributed by atoms with Crippen LogP contribution in [0.25, 0.3) is 0 Å². The Labute approximate surface area is 141 Å². The molecule has 0 aliphatic rings. The number of hydrogen-bond acceptors (Lipinski definition) is 12. The van der Waals surface area contributed by atoms with Gasteiger partial charge in [0, 0.05) is 0 Å². The normalized spacial score (nSPS) is 6.60. The molecule has 0 bridgehead atoms. The molecule has 0 amide bonds. The van der Waals surface area contributed by atoms with Crippen LogP contribution in [0, 0.1) is 0 Å². The maximum Gasteiger partial charge on any atom is 3.00 e. The monoisotopic (exact) mass is 343 g/mol. The molecule has 0 aromatic carbocycles. The predicted molar refractivity (Wildman–Crippen MR) is 30.0 cm³/mol. The average Bonchev–Trinajstić information content (AvgIpc) is 2.18. The van der Waals surface area contributed by atoms with Crippen LogP contribution in [0.5, 0.6) is 0 Å². The van der Waals surface area contributed by atoms with Crippen LogP contribution in [-0.2, 0) is 45.8 Å². The number of carbonyl (C=O) groups excluding carboxylic acids is 6. The van der Waals surface area contributed by atoms with Crippen molar-refractivity contribution >= 4 is 35.8 Å². The van der Waals surface area contributed by atoms with Gasteiger partial charge in [0.2, 0.25) is 0 Å². The molecule has 0 aromatic heterocycles. The number of aliphatic carboxylic acids is 6. The van der Waals surface area contributed by atoms with E-state index in [0.717, 1.165) is 0 Å². The molecule has 0 aromatic rings. The third-order valence-corrected chi connectivity index (χ3v) is 0.500. The van der Waals surface area contributed by atoms with Crippen molar-refractivity contribution < 1.29 is 106 Å². The Morgan fingerprint density at radius 1 is 0.400 bits per heavy atom. The van der Waals surface area contributed by atoms with Crippen LogP contribution in [0.2, 0.25) is 0 Å². The van der Waals surface area contributed by atoms with E-state index in [4.69, 9.17) is 59.4 Å². The molecule has 12 nitrogen and oxygen atoms in total. The molecule has 0 rings (SSSR count). The molecule has 0 heterocycles. The first-order chi connectivity index (χ1) is 7.93. The summed E-state index contributed by atoms with van der Waals surface area (Å²) >= 11 is 0. The summed E-state index contributed by atoms with van der Waals surface area (Å²) in [5.74, 6) is -13.1.